The molecule has 0 aliphatic heterocycles. The molecular formula is C12H23NO. The normalized spacial score (nSPS) is 39.9. The van der Waals surface area contributed by atoms with Gasteiger partial charge in [0.2, 0.25) is 0 Å². The van der Waals surface area contributed by atoms with Crippen molar-refractivity contribution in [2.24, 2.45) is 5.92 Å². The van der Waals surface area contributed by atoms with Gasteiger partial charge in [0.25, 0.3) is 0 Å². The lowest BCUT2D eigenvalue weighted by atomic mass is 9.81. The number of aliphatic hydroxyl groups is 1. The van der Waals surface area contributed by atoms with E-state index in [0.717, 1.165) is 24.8 Å². The molecule has 0 amide bonds. The fourth-order valence-electron chi connectivity index (χ4n) is 2.91. The molecule has 0 aromatic heterocycles. The van der Waals surface area contributed by atoms with Crippen LogP contribution in [-0.2, 0) is 0 Å². The summed E-state index contributed by atoms with van der Waals surface area (Å²) in [6.45, 7) is 2.34. The van der Waals surface area contributed by atoms with Crippen LogP contribution in [0.5, 0.6) is 0 Å². The molecule has 2 heteroatoms. The van der Waals surface area contributed by atoms with E-state index >= 15 is 0 Å². The summed E-state index contributed by atoms with van der Waals surface area (Å²) in [5.74, 6) is 0.768. The summed E-state index contributed by atoms with van der Waals surface area (Å²) in [5.41, 5.74) is 0. The van der Waals surface area contributed by atoms with Crippen LogP contribution < -0.4 is 0 Å². The average molecular weight is 197 g/mol. The predicted molar refractivity (Wildman–Crippen MR) is 58.2 cm³/mol. The highest BCUT2D eigenvalue weighted by Crippen LogP contribution is 2.33. The SMILES string of the molecule is CC1CCC(O)CC1N(C)C1CCC1. The molecule has 2 nitrogen and oxygen atoms in total. The second-order valence-corrected chi connectivity index (χ2v) is 5.26. The summed E-state index contributed by atoms with van der Waals surface area (Å²) in [4.78, 5) is 2.54. The lowest BCUT2D eigenvalue weighted by molar-refractivity contribution is 0.00815. The minimum Gasteiger partial charge on any atom is -0.393 e. The van der Waals surface area contributed by atoms with Gasteiger partial charge in [-0.15, -0.1) is 0 Å². The van der Waals surface area contributed by atoms with Crippen LogP contribution in [0.2, 0.25) is 0 Å². The first-order chi connectivity index (χ1) is 6.68. The molecule has 0 aromatic rings. The van der Waals surface area contributed by atoms with E-state index in [1.54, 1.807) is 0 Å². The maximum Gasteiger partial charge on any atom is 0.0555 e. The number of aliphatic hydroxyl groups excluding tert-OH is 1. The predicted octanol–water partition coefficient (Wildman–Crippen LogP) is 2.02. The molecule has 2 rings (SSSR count). The molecule has 0 heterocycles. The molecule has 2 fully saturated rings. The van der Waals surface area contributed by atoms with Crippen LogP contribution in [0.25, 0.3) is 0 Å². The second kappa shape index (κ2) is 4.19. The first-order valence-electron chi connectivity index (χ1n) is 6.08. The van der Waals surface area contributed by atoms with Gasteiger partial charge < -0.3 is 10.0 Å². The summed E-state index contributed by atoms with van der Waals surface area (Å²) in [6.07, 6.45) is 7.30. The summed E-state index contributed by atoms with van der Waals surface area (Å²) < 4.78 is 0. The zero-order valence-corrected chi connectivity index (χ0v) is 9.45. The van der Waals surface area contributed by atoms with Crippen molar-refractivity contribution in [3.05, 3.63) is 0 Å². The molecule has 3 unspecified atom stereocenters. The molecule has 0 saturated heterocycles. The Bertz CT molecular complexity index is 191. The Morgan fingerprint density at radius 1 is 1.14 bits per heavy atom. The van der Waals surface area contributed by atoms with E-state index in [0.29, 0.717) is 6.04 Å². The maximum atomic E-state index is 9.69. The van der Waals surface area contributed by atoms with Crippen LogP contribution in [0.1, 0.15) is 45.4 Å². The molecule has 2 aliphatic carbocycles. The van der Waals surface area contributed by atoms with Gasteiger partial charge in [0, 0.05) is 12.1 Å². The highest BCUT2D eigenvalue weighted by Gasteiger charge is 2.34. The Labute approximate surface area is 87.3 Å². The molecule has 82 valence electrons. The standard InChI is InChI=1S/C12H23NO/c1-9-6-7-11(14)8-12(9)13(2)10-4-3-5-10/h9-12,14H,3-8H2,1-2H3. The molecule has 0 bridgehead atoms. The van der Waals surface area contributed by atoms with Crippen molar-refractivity contribution in [2.45, 2.75) is 63.6 Å². The third-order valence-electron chi connectivity index (χ3n) is 4.30. The number of hydrogen-bond acceptors (Lipinski definition) is 2. The third-order valence-corrected chi connectivity index (χ3v) is 4.30. The summed E-state index contributed by atoms with van der Waals surface area (Å²) in [5, 5.41) is 9.69. The van der Waals surface area contributed by atoms with E-state index in [1.807, 2.05) is 0 Å². The lowest BCUT2D eigenvalue weighted by Crippen LogP contribution is -2.49. The Hall–Kier alpha value is -0.0800. The summed E-state index contributed by atoms with van der Waals surface area (Å²) >= 11 is 0. The molecule has 2 aliphatic rings. The number of nitrogens with zero attached hydrogens (tertiary/aromatic N) is 1. The molecule has 3 atom stereocenters. The molecule has 2 saturated carbocycles. The zero-order chi connectivity index (χ0) is 10.1. The Morgan fingerprint density at radius 3 is 2.43 bits per heavy atom. The van der Waals surface area contributed by atoms with Crippen molar-refractivity contribution in [1.29, 1.82) is 0 Å². The smallest absolute Gasteiger partial charge is 0.0555 e. The molecular weight excluding hydrogens is 174 g/mol. The zero-order valence-electron chi connectivity index (χ0n) is 9.45. The lowest BCUT2D eigenvalue weighted by Gasteiger charge is -2.45. The van der Waals surface area contributed by atoms with Crippen LogP contribution in [0.15, 0.2) is 0 Å². The molecule has 14 heavy (non-hydrogen) atoms. The van der Waals surface area contributed by atoms with Gasteiger partial charge in [-0.05, 0) is 45.1 Å². The highest BCUT2D eigenvalue weighted by molar-refractivity contribution is 4.89. The van der Waals surface area contributed by atoms with E-state index in [-0.39, 0.29) is 6.10 Å². The van der Waals surface area contributed by atoms with Crippen molar-refractivity contribution in [1.82, 2.24) is 4.90 Å². The van der Waals surface area contributed by atoms with Crippen LogP contribution in [-0.4, -0.2) is 35.2 Å². The van der Waals surface area contributed by atoms with Gasteiger partial charge in [-0.25, -0.2) is 0 Å². The van der Waals surface area contributed by atoms with Gasteiger partial charge in [-0.3, -0.25) is 0 Å². The second-order valence-electron chi connectivity index (χ2n) is 5.26. The highest BCUT2D eigenvalue weighted by atomic mass is 16.3. The monoisotopic (exact) mass is 197 g/mol. The van der Waals surface area contributed by atoms with Crippen molar-refractivity contribution in [3.63, 3.8) is 0 Å². The van der Waals surface area contributed by atoms with E-state index < -0.39 is 0 Å². The number of hydrogen-bond donors (Lipinski definition) is 1. The molecule has 0 spiro atoms. The van der Waals surface area contributed by atoms with Gasteiger partial charge in [0.05, 0.1) is 6.10 Å². The molecule has 1 N–H and O–H groups in total. The Kier molecular flexibility index (Phi) is 3.13. The largest absolute Gasteiger partial charge is 0.393 e. The van der Waals surface area contributed by atoms with Crippen molar-refractivity contribution >= 4 is 0 Å². The fraction of sp³-hybridized carbons (Fsp3) is 1.00. The van der Waals surface area contributed by atoms with Crippen molar-refractivity contribution in [3.8, 4) is 0 Å². The van der Waals surface area contributed by atoms with Crippen LogP contribution in [0.3, 0.4) is 0 Å². The fourth-order valence-corrected chi connectivity index (χ4v) is 2.91. The van der Waals surface area contributed by atoms with Gasteiger partial charge in [0.1, 0.15) is 0 Å². The van der Waals surface area contributed by atoms with Crippen molar-refractivity contribution in [2.75, 3.05) is 7.05 Å². The quantitative estimate of drug-likeness (QED) is 0.732. The van der Waals surface area contributed by atoms with E-state index in [9.17, 15) is 5.11 Å². The van der Waals surface area contributed by atoms with Gasteiger partial charge in [-0.1, -0.05) is 13.3 Å². The van der Waals surface area contributed by atoms with Crippen LogP contribution in [0, 0.1) is 5.92 Å². The summed E-state index contributed by atoms with van der Waals surface area (Å²) in [6, 6.07) is 1.44. The first kappa shape index (κ1) is 10.4. The average Bonchev–Trinajstić information content (AvgIpc) is 2.06. The molecule has 0 radical (unpaired) electrons. The van der Waals surface area contributed by atoms with Crippen molar-refractivity contribution < 1.29 is 5.11 Å². The number of rotatable bonds is 2. The van der Waals surface area contributed by atoms with E-state index in [1.165, 1.54) is 25.7 Å². The Morgan fingerprint density at radius 2 is 1.86 bits per heavy atom. The minimum absolute atomic E-state index is 0.0428. The van der Waals surface area contributed by atoms with E-state index in [4.69, 9.17) is 0 Å². The first-order valence-corrected chi connectivity index (χ1v) is 6.08. The van der Waals surface area contributed by atoms with Gasteiger partial charge in [-0.2, -0.15) is 0 Å². The van der Waals surface area contributed by atoms with Gasteiger partial charge in [0.15, 0.2) is 0 Å². The van der Waals surface area contributed by atoms with Crippen LogP contribution in [0.4, 0.5) is 0 Å². The molecule has 0 aromatic carbocycles. The van der Waals surface area contributed by atoms with Crippen LogP contribution >= 0.6 is 0 Å². The van der Waals surface area contributed by atoms with Gasteiger partial charge >= 0.3 is 0 Å². The summed E-state index contributed by atoms with van der Waals surface area (Å²) in [7, 11) is 2.25. The van der Waals surface area contributed by atoms with E-state index in [2.05, 4.69) is 18.9 Å². The maximum absolute atomic E-state index is 9.69. The topological polar surface area (TPSA) is 23.5 Å². The minimum atomic E-state index is -0.0428. The Balaban J connectivity index is 1.92. The third kappa shape index (κ3) is 1.96.